The van der Waals surface area contributed by atoms with Gasteiger partial charge in [0.2, 0.25) is 0 Å². The number of hydrogen-bond acceptors (Lipinski definition) is 5. The van der Waals surface area contributed by atoms with Crippen molar-refractivity contribution in [1.82, 2.24) is 5.48 Å². The molecule has 2 aromatic rings. The average molecular weight is 331 g/mol. The predicted octanol–water partition coefficient (Wildman–Crippen LogP) is 3.08. The third kappa shape index (κ3) is 3.49. The van der Waals surface area contributed by atoms with Crippen LogP contribution in [-0.4, -0.2) is 19.6 Å². The molecule has 1 N–H and O–H groups in total. The van der Waals surface area contributed by atoms with Crippen LogP contribution < -0.4 is 15.0 Å². The summed E-state index contributed by atoms with van der Waals surface area (Å²) >= 11 is 0. The van der Waals surface area contributed by atoms with Crippen molar-refractivity contribution < 1.29 is 23.5 Å². The Morgan fingerprint density at radius 3 is 3.04 bits per heavy atom. The number of fused-ring (bicyclic) bond motifs is 1. The highest BCUT2D eigenvalue weighted by atomic mass is 19.1. The zero-order valence-corrected chi connectivity index (χ0v) is 13.3. The molecule has 1 aliphatic heterocycles. The maximum Gasteiger partial charge on any atom is 0.312 e. The molecule has 0 saturated carbocycles. The van der Waals surface area contributed by atoms with E-state index < -0.39 is 0 Å². The Bertz CT molecular complexity index is 748. The number of carbonyl (C=O) groups is 1. The molecule has 3 rings (SSSR count). The molecule has 0 radical (unpaired) electrons. The largest absolute Gasteiger partial charge is 0.489 e. The molecule has 6 heteroatoms. The fraction of sp³-hybridized carbons (Fsp3) is 0.278. The van der Waals surface area contributed by atoms with E-state index in [0.717, 1.165) is 17.7 Å². The van der Waals surface area contributed by atoms with Crippen molar-refractivity contribution in [1.29, 1.82) is 0 Å². The molecule has 0 amide bonds. The summed E-state index contributed by atoms with van der Waals surface area (Å²) in [4.78, 5) is 14.6. The van der Waals surface area contributed by atoms with E-state index in [0.29, 0.717) is 48.7 Å². The number of rotatable bonds is 7. The van der Waals surface area contributed by atoms with Crippen LogP contribution >= 0.6 is 0 Å². The number of halogens is 1. The number of para-hydroxylation sites is 1. The Balaban J connectivity index is 1.85. The highest BCUT2D eigenvalue weighted by Gasteiger charge is 2.19. The van der Waals surface area contributed by atoms with E-state index in [2.05, 4.69) is 10.3 Å². The van der Waals surface area contributed by atoms with Gasteiger partial charge in [0, 0.05) is 18.5 Å². The fourth-order valence-corrected chi connectivity index (χ4v) is 2.65. The summed E-state index contributed by atoms with van der Waals surface area (Å²) in [7, 11) is 0. The van der Waals surface area contributed by atoms with Crippen LogP contribution in [0.25, 0.3) is 0 Å². The van der Waals surface area contributed by atoms with Gasteiger partial charge in [-0.25, -0.2) is 4.39 Å². The van der Waals surface area contributed by atoms with Crippen molar-refractivity contribution in [2.45, 2.75) is 19.8 Å². The standard InChI is InChI=1S/C18H18FNO4/c1-12-9-17(14(10-15(12)19)5-7-20-23-11-21)24-16-4-2-3-13-6-8-22-18(13)16/h2-4,9-11,20H,5-8H2,1H3. The van der Waals surface area contributed by atoms with E-state index in [1.807, 2.05) is 18.2 Å². The zero-order chi connectivity index (χ0) is 16.9. The molecular weight excluding hydrogens is 313 g/mol. The predicted molar refractivity (Wildman–Crippen MR) is 85.7 cm³/mol. The molecular formula is C18H18FNO4. The quantitative estimate of drug-likeness (QED) is 0.480. The van der Waals surface area contributed by atoms with Crippen molar-refractivity contribution in [3.05, 3.63) is 52.8 Å². The lowest BCUT2D eigenvalue weighted by atomic mass is 10.1. The van der Waals surface area contributed by atoms with E-state index in [-0.39, 0.29) is 5.82 Å². The van der Waals surface area contributed by atoms with Crippen LogP contribution in [-0.2, 0) is 22.5 Å². The van der Waals surface area contributed by atoms with Gasteiger partial charge in [0.15, 0.2) is 11.5 Å². The molecule has 126 valence electrons. The number of ether oxygens (including phenoxy) is 2. The van der Waals surface area contributed by atoms with Gasteiger partial charge in [0.1, 0.15) is 11.6 Å². The third-order valence-corrected chi connectivity index (χ3v) is 3.87. The first-order chi connectivity index (χ1) is 11.7. The number of benzene rings is 2. The summed E-state index contributed by atoms with van der Waals surface area (Å²) in [5, 5.41) is 0. The normalized spacial score (nSPS) is 12.4. The summed E-state index contributed by atoms with van der Waals surface area (Å²) in [6, 6.07) is 8.86. The molecule has 1 aliphatic rings. The lowest BCUT2D eigenvalue weighted by Crippen LogP contribution is -2.17. The lowest BCUT2D eigenvalue weighted by molar-refractivity contribution is -0.135. The molecule has 24 heavy (non-hydrogen) atoms. The van der Waals surface area contributed by atoms with Crippen LogP contribution in [0.2, 0.25) is 0 Å². The molecule has 0 spiro atoms. The third-order valence-electron chi connectivity index (χ3n) is 3.87. The molecule has 2 aromatic carbocycles. The fourth-order valence-electron chi connectivity index (χ4n) is 2.65. The van der Waals surface area contributed by atoms with Crippen molar-refractivity contribution in [3.8, 4) is 17.2 Å². The molecule has 5 nitrogen and oxygen atoms in total. The summed E-state index contributed by atoms with van der Waals surface area (Å²) < 4.78 is 25.6. The summed E-state index contributed by atoms with van der Waals surface area (Å²) in [6.45, 7) is 2.97. The number of carbonyl (C=O) groups excluding carboxylic acids is 1. The Morgan fingerprint density at radius 2 is 2.21 bits per heavy atom. The van der Waals surface area contributed by atoms with E-state index in [9.17, 15) is 9.18 Å². The number of nitrogens with one attached hydrogen (secondary N) is 1. The van der Waals surface area contributed by atoms with E-state index in [1.165, 1.54) is 6.07 Å². The smallest absolute Gasteiger partial charge is 0.312 e. The molecule has 0 fully saturated rings. The molecule has 1 heterocycles. The van der Waals surface area contributed by atoms with E-state index >= 15 is 0 Å². The number of hydrogen-bond donors (Lipinski definition) is 1. The second-order valence-electron chi connectivity index (χ2n) is 5.51. The molecule has 0 atom stereocenters. The van der Waals surface area contributed by atoms with Crippen LogP contribution in [0.3, 0.4) is 0 Å². The van der Waals surface area contributed by atoms with Gasteiger partial charge in [-0.05, 0) is 42.7 Å². The maximum atomic E-state index is 13.9. The minimum absolute atomic E-state index is 0.303. The van der Waals surface area contributed by atoms with Crippen molar-refractivity contribution in [3.63, 3.8) is 0 Å². The van der Waals surface area contributed by atoms with Gasteiger partial charge in [-0.2, -0.15) is 5.48 Å². The Kier molecular flexibility index (Phi) is 4.96. The first-order valence-corrected chi connectivity index (χ1v) is 7.72. The Labute approximate surface area is 139 Å². The number of hydroxylamine groups is 1. The minimum atomic E-state index is -0.303. The van der Waals surface area contributed by atoms with E-state index in [1.54, 1.807) is 13.0 Å². The summed E-state index contributed by atoms with van der Waals surface area (Å²) in [5.74, 6) is 1.62. The topological polar surface area (TPSA) is 56.8 Å². The molecule has 0 aromatic heterocycles. The van der Waals surface area contributed by atoms with Crippen LogP contribution in [0.1, 0.15) is 16.7 Å². The summed E-state index contributed by atoms with van der Waals surface area (Å²) in [6.07, 6.45) is 1.30. The molecule has 0 unspecified atom stereocenters. The summed E-state index contributed by atoms with van der Waals surface area (Å²) in [5.41, 5.74) is 4.76. The highest BCUT2D eigenvalue weighted by Crippen LogP contribution is 2.39. The monoisotopic (exact) mass is 331 g/mol. The van der Waals surface area contributed by atoms with Crippen molar-refractivity contribution in [2.75, 3.05) is 13.2 Å². The Hall–Kier alpha value is -2.60. The minimum Gasteiger partial charge on any atom is -0.489 e. The van der Waals surface area contributed by atoms with E-state index in [4.69, 9.17) is 9.47 Å². The molecule has 0 bridgehead atoms. The molecule has 0 aliphatic carbocycles. The SMILES string of the molecule is Cc1cc(Oc2cccc3c2OCC3)c(CCNOC=O)cc1F. The zero-order valence-electron chi connectivity index (χ0n) is 13.3. The van der Waals surface area contributed by atoms with Crippen molar-refractivity contribution in [2.24, 2.45) is 0 Å². The van der Waals surface area contributed by atoms with Gasteiger partial charge in [0.05, 0.1) is 6.61 Å². The van der Waals surface area contributed by atoms with Gasteiger partial charge < -0.3 is 14.3 Å². The van der Waals surface area contributed by atoms with Crippen LogP contribution in [0.4, 0.5) is 4.39 Å². The van der Waals surface area contributed by atoms with Gasteiger partial charge >= 0.3 is 6.47 Å². The van der Waals surface area contributed by atoms with Gasteiger partial charge in [-0.15, -0.1) is 0 Å². The Morgan fingerprint density at radius 1 is 1.33 bits per heavy atom. The maximum absolute atomic E-state index is 13.9. The first-order valence-electron chi connectivity index (χ1n) is 7.72. The van der Waals surface area contributed by atoms with Crippen LogP contribution in [0.15, 0.2) is 30.3 Å². The van der Waals surface area contributed by atoms with Crippen LogP contribution in [0, 0.1) is 12.7 Å². The average Bonchev–Trinajstić information content (AvgIpc) is 3.05. The van der Waals surface area contributed by atoms with Gasteiger partial charge in [0.25, 0.3) is 0 Å². The number of aryl methyl sites for hydroxylation is 1. The molecule has 0 saturated heterocycles. The second kappa shape index (κ2) is 7.31. The van der Waals surface area contributed by atoms with Crippen LogP contribution in [0.5, 0.6) is 17.2 Å². The van der Waals surface area contributed by atoms with Gasteiger partial charge in [-0.3, -0.25) is 4.79 Å². The first kappa shape index (κ1) is 16.3. The van der Waals surface area contributed by atoms with Crippen molar-refractivity contribution >= 4 is 6.47 Å². The second-order valence-corrected chi connectivity index (χ2v) is 5.51. The van der Waals surface area contributed by atoms with Gasteiger partial charge in [-0.1, -0.05) is 12.1 Å². The highest BCUT2D eigenvalue weighted by molar-refractivity contribution is 5.51. The lowest BCUT2D eigenvalue weighted by Gasteiger charge is -2.15.